The second kappa shape index (κ2) is 6.12. The van der Waals surface area contributed by atoms with E-state index in [1.54, 1.807) is 0 Å². The molecule has 2 heterocycles. The van der Waals surface area contributed by atoms with Crippen LogP contribution in [-0.4, -0.2) is 47.4 Å². The first-order chi connectivity index (χ1) is 12.0. The van der Waals surface area contributed by atoms with Crippen molar-refractivity contribution in [2.75, 3.05) is 26.2 Å². The number of carbonyl (C=O) groups excluding carboxylic acids is 1. The average molecular weight is 341 g/mol. The smallest absolute Gasteiger partial charge is 0.233 e. The number of hydrogen-bond donors (Lipinski definition) is 0. The van der Waals surface area contributed by atoms with E-state index >= 15 is 0 Å². The van der Waals surface area contributed by atoms with E-state index in [1.165, 1.54) is 37.1 Å². The molecular weight excluding hydrogens is 308 g/mol. The molecule has 1 aromatic rings. The zero-order valence-electron chi connectivity index (χ0n) is 16.1. The summed E-state index contributed by atoms with van der Waals surface area (Å²) in [6, 6.07) is 8.65. The summed E-state index contributed by atoms with van der Waals surface area (Å²) < 4.78 is 0. The van der Waals surface area contributed by atoms with E-state index < -0.39 is 0 Å². The third-order valence-corrected chi connectivity index (χ3v) is 6.71. The highest BCUT2D eigenvalue weighted by Crippen LogP contribution is 2.51. The molecule has 2 saturated heterocycles. The molecule has 3 heteroatoms. The molecule has 1 atom stereocenters. The molecule has 0 unspecified atom stereocenters. The van der Waals surface area contributed by atoms with E-state index in [0.717, 1.165) is 32.4 Å². The first kappa shape index (κ1) is 17.1. The van der Waals surface area contributed by atoms with Gasteiger partial charge in [-0.1, -0.05) is 43.7 Å². The number of aryl methyl sites for hydroxylation is 1. The Morgan fingerprint density at radius 2 is 1.80 bits per heavy atom. The van der Waals surface area contributed by atoms with Crippen LogP contribution in [0.4, 0.5) is 0 Å². The van der Waals surface area contributed by atoms with Crippen LogP contribution in [0.15, 0.2) is 24.3 Å². The summed E-state index contributed by atoms with van der Waals surface area (Å²) in [7, 11) is 0. The molecule has 0 radical (unpaired) electrons. The third-order valence-electron chi connectivity index (χ3n) is 6.71. The van der Waals surface area contributed by atoms with Crippen molar-refractivity contribution < 1.29 is 4.79 Å². The van der Waals surface area contributed by atoms with E-state index in [2.05, 4.69) is 54.8 Å². The van der Waals surface area contributed by atoms with Crippen LogP contribution in [-0.2, 0) is 10.2 Å². The van der Waals surface area contributed by atoms with Gasteiger partial charge in [0.2, 0.25) is 5.91 Å². The predicted molar refractivity (Wildman–Crippen MR) is 102 cm³/mol. The molecule has 1 saturated carbocycles. The van der Waals surface area contributed by atoms with Gasteiger partial charge in [-0.3, -0.25) is 9.69 Å². The van der Waals surface area contributed by atoms with Crippen molar-refractivity contribution in [3.8, 4) is 0 Å². The van der Waals surface area contributed by atoms with Crippen LogP contribution in [0.3, 0.4) is 0 Å². The molecule has 1 spiro atoms. The molecule has 0 N–H and O–H groups in total. The number of hydrogen-bond acceptors (Lipinski definition) is 2. The minimum Gasteiger partial charge on any atom is -0.340 e. The quantitative estimate of drug-likeness (QED) is 0.833. The fourth-order valence-corrected chi connectivity index (χ4v) is 4.99. The second-order valence-electron chi connectivity index (χ2n) is 9.09. The minimum absolute atomic E-state index is 0.209. The Hall–Kier alpha value is -1.35. The Morgan fingerprint density at radius 1 is 1.08 bits per heavy atom. The van der Waals surface area contributed by atoms with Crippen molar-refractivity contribution in [3.05, 3.63) is 35.4 Å². The van der Waals surface area contributed by atoms with E-state index in [4.69, 9.17) is 0 Å². The van der Waals surface area contributed by atoms with Gasteiger partial charge in [0.25, 0.3) is 0 Å². The van der Waals surface area contributed by atoms with E-state index in [9.17, 15) is 4.79 Å². The fourth-order valence-electron chi connectivity index (χ4n) is 4.99. The molecule has 0 bridgehead atoms. The number of piperidine rings is 1. The maximum atomic E-state index is 13.4. The summed E-state index contributed by atoms with van der Waals surface area (Å²) in [6.45, 7) is 11.0. The molecule has 1 aromatic carbocycles. The van der Waals surface area contributed by atoms with Crippen molar-refractivity contribution in [1.82, 2.24) is 9.80 Å². The van der Waals surface area contributed by atoms with Crippen molar-refractivity contribution in [2.45, 2.75) is 63.8 Å². The van der Waals surface area contributed by atoms with Crippen LogP contribution in [0.2, 0.25) is 0 Å². The summed E-state index contributed by atoms with van der Waals surface area (Å²) in [4.78, 5) is 18.3. The summed E-state index contributed by atoms with van der Waals surface area (Å²) in [5.74, 6) is 1.09. The lowest BCUT2D eigenvalue weighted by Gasteiger charge is -2.58. The first-order valence-electron chi connectivity index (χ1n) is 10.1. The Bertz CT molecular complexity index is 646. The Labute approximate surface area is 152 Å². The molecule has 1 aliphatic carbocycles. The highest BCUT2D eigenvalue weighted by Gasteiger charge is 2.55. The fraction of sp³-hybridized carbons (Fsp3) is 0.682. The number of carbonyl (C=O) groups is 1. The molecular formula is C22H32N2O. The molecule has 1 amide bonds. The maximum absolute atomic E-state index is 13.4. The summed E-state index contributed by atoms with van der Waals surface area (Å²) >= 11 is 0. The molecule has 136 valence electrons. The van der Waals surface area contributed by atoms with Crippen LogP contribution in [0, 0.1) is 12.8 Å². The van der Waals surface area contributed by atoms with Crippen molar-refractivity contribution in [1.29, 1.82) is 0 Å². The SMILES string of the molecule is Cc1ccc(C2(C(=O)N3CCC[C@@]4(CCN4CC(C)C)C3)CC2)cc1. The van der Waals surface area contributed by atoms with Gasteiger partial charge in [0.05, 0.1) is 5.41 Å². The maximum Gasteiger partial charge on any atom is 0.233 e. The minimum atomic E-state index is -0.209. The van der Waals surface area contributed by atoms with Gasteiger partial charge >= 0.3 is 0 Å². The Kier molecular flexibility index (Phi) is 4.18. The van der Waals surface area contributed by atoms with Gasteiger partial charge in [0, 0.05) is 31.7 Å². The normalized spacial score (nSPS) is 28.2. The van der Waals surface area contributed by atoms with E-state index in [0.29, 0.717) is 11.8 Å². The van der Waals surface area contributed by atoms with E-state index in [1.807, 2.05) is 0 Å². The molecule has 3 aliphatic rings. The average Bonchev–Trinajstić information content (AvgIpc) is 3.40. The highest BCUT2D eigenvalue weighted by molar-refractivity contribution is 5.91. The number of likely N-dealkylation sites (tertiary alicyclic amines) is 2. The van der Waals surface area contributed by atoms with Crippen LogP contribution in [0.5, 0.6) is 0 Å². The second-order valence-corrected chi connectivity index (χ2v) is 9.09. The van der Waals surface area contributed by atoms with Crippen LogP contribution >= 0.6 is 0 Å². The van der Waals surface area contributed by atoms with Crippen LogP contribution in [0.1, 0.15) is 57.1 Å². The lowest BCUT2D eigenvalue weighted by molar-refractivity contribution is -0.143. The topological polar surface area (TPSA) is 23.6 Å². The van der Waals surface area contributed by atoms with Gasteiger partial charge in [-0.25, -0.2) is 0 Å². The Balaban J connectivity index is 1.50. The van der Waals surface area contributed by atoms with Crippen molar-refractivity contribution in [3.63, 3.8) is 0 Å². The monoisotopic (exact) mass is 340 g/mol. The van der Waals surface area contributed by atoms with Gasteiger partial charge < -0.3 is 4.90 Å². The highest BCUT2D eigenvalue weighted by atomic mass is 16.2. The lowest BCUT2D eigenvalue weighted by Crippen LogP contribution is -2.68. The number of benzene rings is 1. The molecule has 0 aromatic heterocycles. The van der Waals surface area contributed by atoms with Crippen molar-refractivity contribution in [2.24, 2.45) is 5.92 Å². The van der Waals surface area contributed by atoms with Crippen LogP contribution in [0.25, 0.3) is 0 Å². The van der Waals surface area contributed by atoms with E-state index in [-0.39, 0.29) is 11.0 Å². The third kappa shape index (κ3) is 2.91. The summed E-state index contributed by atoms with van der Waals surface area (Å²) in [5.41, 5.74) is 2.57. The number of amides is 1. The number of rotatable bonds is 4. The van der Waals surface area contributed by atoms with Gasteiger partial charge in [-0.15, -0.1) is 0 Å². The lowest BCUT2D eigenvalue weighted by atomic mass is 9.76. The number of nitrogens with zero attached hydrogens (tertiary/aromatic N) is 2. The Morgan fingerprint density at radius 3 is 2.36 bits per heavy atom. The predicted octanol–water partition coefficient (Wildman–Crippen LogP) is 3.75. The summed E-state index contributed by atoms with van der Waals surface area (Å²) in [5, 5.41) is 0. The molecule has 2 aliphatic heterocycles. The molecule has 25 heavy (non-hydrogen) atoms. The summed E-state index contributed by atoms with van der Waals surface area (Å²) in [6.07, 6.45) is 5.73. The molecule has 3 nitrogen and oxygen atoms in total. The van der Waals surface area contributed by atoms with Gasteiger partial charge in [-0.2, -0.15) is 0 Å². The zero-order valence-corrected chi connectivity index (χ0v) is 16.1. The molecule has 4 rings (SSSR count). The first-order valence-corrected chi connectivity index (χ1v) is 10.1. The zero-order chi connectivity index (χ0) is 17.7. The van der Waals surface area contributed by atoms with Gasteiger partial charge in [-0.05, 0) is 50.5 Å². The van der Waals surface area contributed by atoms with Crippen molar-refractivity contribution >= 4 is 5.91 Å². The van der Waals surface area contributed by atoms with Gasteiger partial charge in [0.15, 0.2) is 0 Å². The van der Waals surface area contributed by atoms with Gasteiger partial charge in [0.1, 0.15) is 0 Å². The van der Waals surface area contributed by atoms with Crippen LogP contribution < -0.4 is 0 Å². The standard InChI is InChI=1S/C22H32N2O/c1-17(2)15-24-14-12-21(24)9-4-13-23(16-21)20(25)22(10-11-22)19-7-5-18(3)6-8-19/h5-8,17H,4,9-16H2,1-3H3/t21-/m1/s1. The molecule has 3 fully saturated rings. The largest absolute Gasteiger partial charge is 0.340 e.